The monoisotopic (exact) mass is 289 g/mol. The van der Waals surface area contributed by atoms with E-state index in [1.165, 1.54) is 32.1 Å². The predicted octanol–water partition coefficient (Wildman–Crippen LogP) is 3.32. The van der Waals surface area contributed by atoms with E-state index in [1.807, 2.05) is 12.1 Å². The van der Waals surface area contributed by atoms with Crippen molar-refractivity contribution in [2.24, 2.45) is 5.92 Å². The SMILES string of the molecule is O=[N+]([O-])c1ccccc1NC1CCCC1C1CCCCN1. The zero-order chi connectivity index (χ0) is 14.7. The van der Waals surface area contributed by atoms with Crippen molar-refractivity contribution in [3.05, 3.63) is 34.4 Å². The molecule has 0 radical (unpaired) electrons. The molecule has 5 nitrogen and oxygen atoms in total. The van der Waals surface area contributed by atoms with Crippen molar-refractivity contribution in [3.63, 3.8) is 0 Å². The van der Waals surface area contributed by atoms with Gasteiger partial charge >= 0.3 is 0 Å². The van der Waals surface area contributed by atoms with Crippen LogP contribution >= 0.6 is 0 Å². The Hall–Kier alpha value is -1.62. The number of hydrogen-bond acceptors (Lipinski definition) is 4. The Morgan fingerprint density at radius 3 is 2.76 bits per heavy atom. The van der Waals surface area contributed by atoms with E-state index in [9.17, 15) is 10.1 Å². The molecule has 3 rings (SSSR count). The molecular formula is C16H23N3O2. The molecule has 0 spiro atoms. The van der Waals surface area contributed by atoms with Gasteiger partial charge in [0.2, 0.25) is 0 Å². The fourth-order valence-electron chi connectivity index (χ4n) is 3.85. The van der Waals surface area contributed by atoms with Crippen LogP contribution in [0.15, 0.2) is 24.3 Å². The number of benzene rings is 1. The van der Waals surface area contributed by atoms with Gasteiger partial charge in [0.15, 0.2) is 0 Å². The van der Waals surface area contributed by atoms with Gasteiger partial charge < -0.3 is 10.6 Å². The molecule has 1 heterocycles. The van der Waals surface area contributed by atoms with Crippen molar-refractivity contribution < 1.29 is 4.92 Å². The molecule has 114 valence electrons. The number of rotatable bonds is 4. The van der Waals surface area contributed by atoms with Gasteiger partial charge in [-0.15, -0.1) is 0 Å². The number of nitrogens with one attached hydrogen (secondary N) is 2. The summed E-state index contributed by atoms with van der Waals surface area (Å²) in [6.07, 6.45) is 7.34. The van der Waals surface area contributed by atoms with Crippen LogP contribution in [0, 0.1) is 16.0 Å². The Bertz CT molecular complexity index is 500. The summed E-state index contributed by atoms with van der Waals surface area (Å²) in [5.74, 6) is 0.588. The van der Waals surface area contributed by atoms with Crippen LogP contribution in [0.2, 0.25) is 0 Å². The minimum absolute atomic E-state index is 0.180. The molecule has 21 heavy (non-hydrogen) atoms. The van der Waals surface area contributed by atoms with Gasteiger partial charge in [-0.3, -0.25) is 10.1 Å². The van der Waals surface area contributed by atoms with Crippen LogP contribution in [0.5, 0.6) is 0 Å². The Morgan fingerprint density at radius 1 is 1.14 bits per heavy atom. The van der Waals surface area contributed by atoms with E-state index in [4.69, 9.17) is 0 Å². The molecule has 1 saturated carbocycles. The minimum Gasteiger partial charge on any atom is -0.376 e. The average Bonchev–Trinajstić information content (AvgIpc) is 2.96. The van der Waals surface area contributed by atoms with Crippen LogP contribution in [0.4, 0.5) is 11.4 Å². The lowest BCUT2D eigenvalue weighted by molar-refractivity contribution is -0.384. The number of piperidine rings is 1. The summed E-state index contributed by atoms with van der Waals surface area (Å²) in [6.45, 7) is 1.11. The van der Waals surface area contributed by atoms with E-state index < -0.39 is 0 Å². The van der Waals surface area contributed by atoms with Crippen molar-refractivity contribution in [3.8, 4) is 0 Å². The van der Waals surface area contributed by atoms with Crippen LogP contribution in [0.3, 0.4) is 0 Å². The first-order chi connectivity index (χ1) is 10.3. The number of nitrogens with zero attached hydrogens (tertiary/aromatic N) is 1. The van der Waals surface area contributed by atoms with Gasteiger partial charge in [0.1, 0.15) is 5.69 Å². The molecular weight excluding hydrogens is 266 g/mol. The first kappa shape index (κ1) is 14.3. The van der Waals surface area contributed by atoms with Gasteiger partial charge in [0, 0.05) is 18.2 Å². The Kier molecular flexibility index (Phi) is 4.39. The highest BCUT2D eigenvalue weighted by atomic mass is 16.6. The zero-order valence-electron chi connectivity index (χ0n) is 12.3. The van der Waals surface area contributed by atoms with Crippen molar-refractivity contribution >= 4 is 11.4 Å². The van der Waals surface area contributed by atoms with Crippen LogP contribution in [0.25, 0.3) is 0 Å². The number of anilines is 1. The largest absolute Gasteiger partial charge is 0.376 e. The molecule has 2 fully saturated rings. The van der Waals surface area contributed by atoms with Crippen LogP contribution < -0.4 is 10.6 Å². The third-order valence-electron chi connectivity index (χ3n) is 4.88. The van der Waals surface area contributed by atoms with Crippen molar-refractivity contribution in [1.29, 1.82) is 0 Å². The quantitative estimate of drug-likeness (QED) is 0.659. The highest BCUT2D eigenvalue weighted by molar-refractivity contribution is 5.61. The van der Waals surface area contributed by atoms with E-state index >= 15 is 0 Å². The van der Waals surface area contributed by atoms with Gasteiger partial charge in [-0.1, -0.05) is 25.0 Å². The Labute approximate surface area is 125 Å². The zero-order valence-corrected chi connectivity index (χ0v) is 12.3. The van der Waals surface area contributed by atoms with Crippen LogP contribution in [-0.4, -0.2) is 23.6 Å². The standard InChI is InChI=1S/C16H23N3O2/c20-19(21)16-10-2-1-8-15(16)18-14-9-5-6-12(14)13-7-3-4-11-17-13/h1-2,8,10,12-14,17-18H,3-7,9,11H2. The molecule has 1 aliphatic carbocycles. The van der Waals surface area contributed by atoms with Crippen molar-refractivity contribution in [1.82, 2.24) is 5.32 Å². The van der Waals surface area contributed by atoms with Crippen LogP contribution in [0.1, 0.15) is 38.5 Å². The highest BCUT2D eigenvalue weighted by Gasteiger charge is 2.34. The van der Waals surface area contributed by atoms with Crippen LogP contribution in [-0.2, 0) is 0 Å². The molecule has 0 amide bonds. The third kappa shape index (κ3) is 3.18. The fourth-order valence-corrected chi connectivity index (χ4v) is 3.85. The van der Waals surface area contributed by atoms with E-state index in [1.54, 1.807) is 12.1 Å². The summed E-state index contributed by atoms with van der Waals surface area (Å²) in [5.41, 5.74) is 0.843. The molecule has 0 bridgehead atoms. The lowest BCUT2D eigenvalue weighted by atomic mass is 9.88. The fraction of sp³-hybridized carbons (Fsp3) is 0.625. The molecule has 2 aliphatic rings. The second-order valence-corrected chi connectivity index (χ2v) is 6.18. The van der Waals surface area contributed by atoms with Crippen molar-refractivity contribution in [2.75, 3.05) is 11.9 Å². The summed E-state index contributed by atoms with van der Waals surface area (Å²) >= 11 is 0. The van der Waals surface area contributed by atoms with E-state index in [0.29, 0.717) is 23.7 Å². The number of nitro groups is 1. The van der Waals surface area contributed by atoms with Gasteiger partial charge in [0.25, 0.3) is 5.69 Å². The summed E-state index contributed by atoms with van der Waals surface area (Å²) in [7, 11) is 0. The molecule has 0 aromatic heterocycles. The van der Waals surface area contributed by atoms with E-state index in [-0.39, 0.29) is 10.6 Å². The Morgan fingerprint density at radius 2 is 2.00 bits per heavy atom. The van der Waals surface area contributed by atoms with Gasteiger partial charge in [-0.05, 0) is 44.2 Å². The van der Waals surface area contributed by atoms with Gasteiger partial charge in [-0.2, -0.15) is 0 Å². The lowest BCUT2D eigenvalue weighted by Gasteiger charge is -2.33. The molecule has 1 aromatic carbocycles. The summed E-state index contributed by atoms with van der Waals surface area (Å²) in [6, 6.07) is 7.90. The summed E-state index contributed by atoms with van der Waals surface area (Å²) < 4.78 is 0. The average molecular weight is 289 g/mol. The van der Waals surface area contributed by atoms with Crippen molar-refractivity contribution in [2.45, 2.75) is 50.6 Å². The topological polar surface area (TPSA) is 67.2 Å². The summed E-state index contributed by atoms with van der Waals surface area (Å²) in [5, 5.41) is 18.2. The predicted molar refractivity (Wildman–Crippen MR) is 83.5 cm³/mol. The maximum atomic E-state index is 11.1. The molecule has 2 N–H and O–H groups in total. The van der Waals surface area contributed by atoms with Gasteiger partial charge in [0.05, 0.1) is 4.92 Å². The smallest absolute Gasteiger partial charge is 0.292 e. The molecule has 1 aromatic rings. The second-order valence-electron chi connectivity index (χ2n) is 6.18. The Balaban J connectivity index is 1.73. The lowest BCUT2D eigenvalue weighted by Crippen LogP contribution is -2.44. The normalized spacial score (nSPS) is 29.2. The second kappa shape index (κ2) is 6.43. The highest BCUT2D eigenvalue weighted by Crippen LogP contribution is 2.35. The maximum Gasteiger partial charge on any atom is 0.292 e. The molecule has 3 atom stereocenters. The molecule has 5 heteroatoms. The first-order valence-electron chi connectivity index (χ1n) is 7.99. The minimum atomic E-state index is -0.300. The number of para-hydroxylation sites is 2. The van der Waals surface area contributed by atoms with Gasteiger partial charge in [-0.25, -0.2) is 0 Å². The van der Waals surface area contributed by atoms with E-state index in [2.05, 4.69) is 10.6 Å². The third-order valence-corrected chi connectivity index (χ3v) is 4.88. The molecule has 3 unspecified atom stereocenters. The number of hydrogen-bond donors (Lipinski definition) is 2. The maximum absolute atomic E-state index is 11.1. The molecule has 1 saturated heterocycles. The summed E-state index contributed by atoms with van der Waals surface area (Å²) in [4.78, 5) is 10.8. The van der Waals surface area contributed by atoms with E-state index in [0.717, 1.165) is 13.0 Å². The number of nitro benzene ring substituents is 1. The first-order valence-corrected chi connectivity index (χ1v) is 7.99. The molecule has 1 aliphatic heterocycles.